The summed E-state index contributed by atoms with van der Waals surface area (Å²) in [5.41, 5.74) is -0.258. The summed E-state index contributed by atoms with van der Waals surface area (Å²) in [6.45, 7) is 7.65. The Morgan fingerprint density at radius 3 is 2.57 bits per heavy atom. The Hall–Kier alpha value is -1.89. The lowest BCUT2D eigenvalue weighted by atomic mass is 10.0. The number of carbonyl (C=O) groups is 2. The van der Waals surface area contributed by atoms with Crippen molar-refractivity contribution < 1.29 is 19.8 Å². The molecular weight excluding hydrogens is 274 g/mol. The molecule has 0 aliphatic carbocycles. The molecule has 1 aromatic heterocycles. The highest BCUT2D eigenvalue weighted by Crippen LogP contribution is 2.15. The number of carbonyl (C=O) groups excluding carboxylic acids is 1. The van der Waals surface area contributed by atoms with Crippen molar-refractivity contribution in [1.29, 1.82) is 0 Å². The fraction of sp³-hybridized carbons (Fsp3) is 0.643. The fourth-order valence-electron chi connectivity index (χ4n) is 1.89. The van der Waals surface area contributed by atoms with Gasteiger partial charge in [-0.25, -0.2) is 0 Å². The number of carboxylic acids is 1. The van der Waals surface area contributed by atoms with E-state index in [1.807, 2.05) is 20.8 Å². The summed E-state index contributed by atoms with van der Waals surface area (Å²) in [5, 5.41) is 25.5. The summed E-state index contributed by atoms with van der Waals surface area (Å²) >= 11 is 0. The number of nitrogens with zero attached hydrogens (tertiary/aromatic N) is 2. The Kier molecular flexibility index (Phi) is 5.48. The Bertz CT molecular complexity index is 520. The molecular formula is C14H23N3O4. The predicted molar refractivity (Wildman–Crippen MR) is 77.2 cm³/mol. The third-order valence-corrected chi connectivity index (χ3v) is 3.08. The molecule has 1 aromatic rings. The highest BCUT2D eigenvalue weighted by Gasteiger charge is 2.26. The minimum atomic E-state index is -1.49. The van der Waals surface area contributed by atoms with Crippen LogP contribution in [0.4, 0.5) is 0 Å². The van der Waals surface area contributed by atoms with Gasteiger partial charge in [-0.05, 0) is 25.8 Å². The zero-order valence-electron chi connectivity index (χ0n) is 12.9. The zero-order valence-corrected chi connectivity index (χ0v) is 12.9. The number of aryl methyl sites for hydroxylation is 1. The summed E-state index contributed by atoms with van der Waals surface area (Å²) < 4.78 is 1.59. The molecule has 0 saturated heterocycles. The van der Waals surface area contributed by atoms with Crippen molar-refractivity contribution in [3.63, 3.8) is 0 Å². The van der Waals surface area contributed by atoms with Crippen molar-refractivity contribution in [1.82, 2.24) is 15.1 Å². The van der Waals surface area contributed by atoms with Crippen LogP contribution in [0, 0.1) is 0 Å². The molecule has 1 atom stereocenters. The maximum absolute atomic E-state index is 12.2. The van der Waals surface area contributed by atoms with Crippen LogP contribution >= 0.6 is 0 Å². The van der Waals surface area contributed by atoms with Crippen LogP contribution in [0.2, 0.25) is 0 Å². The molecule has 1 heterocycles. The molecule has 21 heavy (non-hydrogen) atoms. The van der Waals surface area contributed by atoms with Gasteiger partial charge in [-0.3, -0.25) is 14.3 Å². The first kappa shape index (κ1) is 17.2. The van der Waals surface area contributed by atoms with Crippen LogP contribution in [0.15, 0.2) is 6.07 Å². The van der Waals surface area contributed by atoms with Gasteiger partial charge >= 0.3 is 5.97 Å². The van der Waals surface area contributed by atoms with Crippen molar-refractivity contribution in [2.45, 2.75) is 52.2 Å². The van der Waals surface area contributed by atoms with Gasteiger partial charge in [0.1, 0.15) is 5.69 Å². The van der Waals surface area contributed by atoms with E-state index >= 15 is 0 Å². The Balaban J connectivity index is 2.78. The van der Waals surface area contributed by atoms with E-state index in [9.17, 15) is 14.7 Å². The molecule has 0 fully saturated rings. The largest absolute Gasteiger partial charge is 0.481 e. The van der Waals surface area contributed by atoms with Gasteiger partial charge in [0, 0.05) is 13.1 Å². The summed E-state index contributed by atoms with van der Waals surface area (Å²) in [6.07, 6.45) is -0.433. The van der Waals surface area contributed by atoms with Crippen LogP contribution in [0.1, 0.15) is 56.2 Å². The molecule has 0 spiro atoms. The minimum Gasteiger partial charge on any atom is -0.481 e. The molecule has 0 aliphatic heterocycles. The Morgan fingerprint density at radius 2 is 2.10 bits per heavy atom. The van der Waals surface area contributed by atoms with Crippen LogP contribution in [0.5, 0.6) is 0 Å². The second-order valence-electron chi connectivity index (χ2n) is 5.68. The average Bonchev–Trinajstić information content (AvgIpc) is 2.78. The number of hydrogen-bond donors (Lipinski definition) is 3. The summed E-state index contributed by atoms with van der Waals surface area (Å²) in [6, 6.07) is 1.72. The van der Waals surface area contributed by atoms with Gasteiger partial charge < -0.3 is 15.5 Å². The monoisotopic (exact) mass is 297 g/mol. The molecule has 0 bridgehead atoms. The van der Waals surface area contributed by atoms with Crippen LogP contribution in [-0.4, -0.2) is 44.0 Å². The van der Waals surface area contributed by atoms with Gasteiger partial charge in [0.05, 0.1) is 17.7 Å². The maximum Gasteiger partial charge on any atom is 0.306 e. The lowest BCUT2D eigenvalue weighted by Crippen LogP contribution is -2.42. The molecule has 1 amide bonds. The topological polar surface area (TPSA) is 104 Å². The van der Waals surface area contributed by atoms with Crippen LogP contribution < -0.4 is 5.32 Å². The van der Waals surface area contributed by atoms with E-state index in [1.165, 1.54) is 6.92 Å². The van der Waals surface area contributed by atoms with E-state index in [1.54, 1.807) is 10.7 Å². The second-order valence-corrected chi connectivity index (χ2v) is 5.68. The maximum atomic E-state index is 12.2. The second kappa shape index (κ2) is 6.71. The molecule has 0 aromatic carbocycles. The van der Waals surface area contributed by atoms with Gasteiger partial charge in [0.2, 0.25) is 0 Å². The fourth-order valence-corrected chi connectivity index (χ4v) is 1.89. The molecule has 7 nitrogen and oxygen atoms in total. The normalized spacial score (nSPS) is 14.0. The molecule has 1 rings (SSSR count). The first-order valence-electron chi connectivity index (χ1n) is 6.96. The smallest absolute Gasteiger partial charge is 0.306 e. The van der Waals surface area contributed by atoms with E-state index in [0.717, 1.165) is 5.69 Å². The molecule has 0 radical (unpaired) electrons. The van der Waals surface area contributed by atoms with Crippen molar-refractivity contribution in [2.75, 3.05) is 6.54 Å². The van der Waals surface area contributed by atoms with Crippen molar-refractivity contribution in [3.05, 3.63) is 17.5 Å². The van der Waals surface area contributed by atoms with Gasteiger partial charge in [-0.2, -0.15) is 5.10 Å². The van der Waals surface area contributed by atoms with E-state index < -0.39 is 18.0 Å². The van der Waals surface area contributed by atoms with Crippen LogP contribution in [0.3, 0.4) is 0 Å². The Labute approximate surface area is 124 Å². The molecule has 118 valence electrons. The average molecular weight is 297 g/mol. The molecule has 7 heteroatoms. The predicted octanol–water partition coefficient (Wildman–Crippen LogP) is 0.982. The number of aliphatic carboxylic acids is 1. The van der Waals surface area contributed by atoms with Gasteiger partial charge in [0.25, 0.3) is 5.91 Å². The number of carboxylic acid groups (broad SMARTS) is 1. The quantitative estimate of drug-likeness (QED) is 0.696. The van der Waals surface area contributed by atoms with E-state index in [-0.39, 0.29) is 18.4 Å². The minimum absolute atomic E-state index is 0.135. The molecule has 3 N–H and O–H groups in total. The van der Waals surface area contributed by atoms with Gasteiger partial charge in [-0.15, -0.1) is 0 Å². The van der Waals surface area contributed by atoms with Crippen LogP contribution in [-0.2, 0) is 11.3 Å². The SMILES string of the molecule is CCn1nc(C(C)C)cc1C(=O)NCC(C)(O)CC(=O)O. The number of aromatic nitrogens is 2. The first-order chi connectivity index (χ1) is 9.66. The third kappa shape index (κ3) is 4.86. The van der Waals surface area contributed by atoms with E-state index in [2.05, 4.69) is 10.4 Å². The summed E-state index contributed by atoms with van der Waals surface area (Å²) in [7, 11) is 0. The van der Waals surface area contributed by atoms with Gasteiger partial charge in [0.15, 0.2) is 0 Å². The van der Waals surface area contributed by atoms with E-state index in [4.69, 9.17) is 5.11 Å². The lowest BCUT2D eigenvalue weighted by Gasteiger charge is -2.21. The Morgan fingerprint density at radius 1 is 1.48 bits per heavy atom. The first-order valence-corrected chi connectivity index (χ1v) is 6.96. The summed E-state index contributed by atoms with van der Waals surface area (Å²) in [4.78, 5) is 22.8. The number of nitrogens with one attached hydrogen (secondary N) is 1. The standard InChI is InChI=1S/C14H23N3O4/c1-5-17-11(6-10(16-17)9(2)3)13(20)15-8-14(4,21)7-12(18)19/h6,9,21H,5,7-8H2,1-4H3,(H,15,20)(H,18,19). The van der Waals surface area contributed by atoms with Crippen LogP contribution in [0.25, 0.3) is 0 Å². The number of aliphatic hydroxyl groups is 1. The zero-order chi connectivity index (χ0) is 16.2. The highest BCUT2D eigenvalue weighted by atomic mass is 16.4. The van der Waals surface area contributed by atoms with Crippen molar-refractivity contribution in [2.24, 2.45) is 0 Å². The summed E-state index contributed by atoms with van der Waals surface area (Å²) in [5.74, 6) is -1.28. The van der Waals surface area contributed by atoms with Crippen molar-refractivity contribution in [3.8, 4) is 0 Å². The lowest BCUT2D eigenvalue weighted by molar-refractivity contribution is -0.141. The van der Waals surface area contributed by atoms with E-state index in [0.29, 0.717) is 12.2 Å². The van der Waals surface area contributed by atoms with Gasteiger partial charge in [-0.1, -0.05) is 13.8 Å². The molecule has 0 saturated carbocycles. The van der Waals surface area contributed by atoms with Crippen molar-refractivity contribution >= 4 is 11.9 Å². The number of amides is 1. The third-order valence-electron chi connectivity index (χ3n) is 3.08. The molecule has 0 aliphatic rings. The highest BCUT2D eigenvalue weighted by molar-refractivity contribution is 5.92. The molecule has 1 unspecified atom stereocenters. The number of hydrogen-bond acceptors (Lipinski definition) is 4. The number of rotatable bonds is 7.